The van der Waals surface area contributed by atoms with E-state index in [0.29, 0.717) is 5.56 Å². The summed E-state index contributed by atoms with van der Waals surface area (Å²) < 4.78 is 26.3. The first-order valence-corrected chi connectivity index (χ1v) is 9.30. The van der Waals surface area contributed by atoms with Gasteiger partial charge in [-0.25, -0.2) is 8.42 Å². The summed E-state index contributed by atoms with van der Waals surface area (Å²) in [5.74, 6) is -0.574. The second kappa shape index (κ2) is 8.07. The van der Waals surface area contributed by atoms with Crippen LogP contribution >= 0.6 is 0 Å². The number of hydrogen-bond acceptors (Lipinski definition) is 5. The quantitative estimate of drug-likeness (QED) is 0.589. The van der Waals surface area contributed by atoms with E-state index in [2.05, 4.69) is 5.32 Å². The summed E-state index contributed by atoms with van der Waals surface area (Å²) in [6.45, 7) is 2.87. The molecule has 0 aromatic heterocycles. The average Bonchev–Trinajstić information content (AvgIpc) is 2.61. The van der Waals surface area contributed by atoms with Gasteiger partial charge in [0.05, 0.1) is 27.6 Å². The van der Waals surface area contributed by atoms with Crippen LogP contribution in [0, 0.1) is 17.0 Å². The molecule has 26 heavy (non-hydrogen) atoms. The number of nitro groups is 1. The van der Waals surface area contributed by atoms with E-state index in [1.54, 1.807) is 25.1 Å². The van der Waals surface area contributed by atoms with E-state index in [1.165, 1.54) is 37.3 Å². The van der Waals surface area contributed by atoms with E-state index < -0.39 is 27.4 Å². The van der Waals surface area contributed by atoms with E-state index in [1.807, 2.05) is 0 Å². The zero-order chi connectivity index (χ0) is 19.3. The monoisotopic (exact) mass is 377 g/mol. The summed E-state index contributed by atoms with van der Waals surface area (Å²) >= 11 is 0. The minimum atomic E-state index is -3.81. The summed E-state index contributed by atoms with van der Waals surface area (Å²) in [6, 6.07) is 12.2. The highest BCUT2D eigenvalue weighted by Gasteiger charge is 2.25. The Bertz CT molecular complexity index is 913. The summed E-state index contributed by atoms with van der Waals surface area (Å²) in [4.78, 5) is 22.8. The molecule has 0 radical (unpaired) electrons. The zero-order valence-electron chi connectivity index (χ0n) is 14.4. The fourth-order valence-electron chi connectivity index (χ4n) is 2.41. The van der Waals surface area contributed by atoms with Crippen molar-refractivity contribution in [3.8, 4) is 0 Å². The number of anilines is 1. The number of hydrogen-bond donors (Lipinski definition) is 1. The molecule has 2 rings (SSSR count). The van der Waals surface area contributed by atoms with Crippen LogP contribution in [-0.4, -0.2) is 36.6 Å². The van der Waals surface area contributed by atoms with Gasteiger partial charge in [0.15, 0.2) is 0 Å². The standard InChI is InChI=1S/C17H19N3O5S/c1-3-19(26(24,25)14-8-5-4-6-9-14)12-17(21)18-15-10-7-11-16(13(15)2)20(22)23/h4-11H,3,12H2,1-2H3,(H,18,21). The van der Waals surface area contributed by atoms with Crippen LogP contribution in [0.1, 0.15) is 12.5 Å². The molecule has 138 valence electrons. The molecule has 1 N–H and O–H groups in total. The Balaban J connectivity index is 2.18. The molecular formula is C17H19N3O5S. The number of likely N-dealkylation sites (N-methyl/N-ethyl adjacent to an activating group) is 1. The molecule has 0 heterocycles. The topological polar surface area (TPSA) is 110 Å². The minimum Gasteiger partial charge on any atom is -0.324 e. The van der Waals surface area contributed by atoms with Crippen LogP contribution < -0.4 is 5.32 Å². The second-order valence-electron chi connectivity index (χ2n) is 5.50. The Hall–Kier alpha value is -2.78. The van der Waals surface area contributed by atoms with Gasteiger partial charge in [0, 0.05) is 12.6 Å². The van der Waals surface area contributed by atoms with Gasteiger partial charge in [-0.3, -0.25) is 14.9 Å². The minimum absolute atomic E-state index is 0.0983. The number of carbonyl (C=O) groups is 1. The van der Waals surface area contributed by atoms with E-state index in [0.717, 1.165) is 4.31 Å². The fourth-order valence-corrected chi connectivity index (χ4v) is 3.84. The third-order valence-electron chi connectivity index (χ3n) is 3.83. The lowest BCUT2D eigenvalue weighted by Gasteiger charge is -2.20. The van der Waals surface area contributed by atoms with Gasteiger partial charge >= 0.3 is 0 Å². The summed E-state index contributed by atoms with van der Waals surface area (Å²) in [5.41, 5.74) is 0.462. The second-order valence-corrected chi connectivity index (χ2v) is 7.44. The average molecular weight is 377 g/mol. The third kappa shape index (κ3) is 4.24. The van der Waals surface area contributed by atoms with Crippen molar-refractivity contribution in [1.82, 2.24) is 4.31 Å². The van der Waals surface area contributed by atoms with Crippen molar-refractivity contribution >= 4 is 27.3 Å². The molecule has 0 aliphatic carbocycles. The lowest BCUT2D eigenvalue weighted by atomic mass is 10.1. The number of nitrogens with zero attached hydrogens (tertiary/aromatic N) is 2. The smallest absolute Gasteiger partial charge is 0.274 e. The first kappa shape index (κ1) is 19.5. The molecule has 0 atom stereocenters. The lowest BCUT2D eigenvalue weighted by Crippen LogP contribution is -2.37. The molecule has 1 amide bonds. The highest BCUT2D eigenvalue weighted by atomic mass is 32.2. The molecule has 0 aliphatic rings. The zero-order valence-corrected chi connectivity index (χ0v) is 15.2. The first-order chi connectivity index (χ1) is 12.3. The molecule has 2 aromatic carbocycles. The van der Waals surface area contributed by atoms with E-state index in [9.17, 15) is 23.3 Å². The number of nitro benzene ring substituents is 1. The highest BCUT2D eigenvalue weighted by molar-refractivity contribution is 7.89. The molecular weight excluding hydrogens is 358 g/mol. The molecule has 0 saturated heterocycles. The first-order valence-electron chi connectivity index (χ1n) is 7.86. The van der Waals surface area contributed by atoms with Crippen molar-refractivity contribution in [2.24, 2.45) is 0 Å². The molecule has 2 aromatic rings. The number of nitrogens with one attached hydrogen (secondary N) is 1. The fraction of sp³-hybridized carbons (Fsp3) is 0.235. The summed E-state index contributed by atoms with van der Waals surface area (Å²) in [5, 5.41) is 13.5. The number of benzene rings is 2. The molecule has 8 nitrogen and oxygen atoms in total. The van der Waals surface area contributed by atoms with Gasteiger partial charge in [-0.2, -0.15) is 4.31 Å². The van der Waals surface area contributed by atoms with Crippen molar-refractivity contribution in [2.75, 3.05) is 18.4 Å². The van der Waals surface area contributed by atoms with Gasteiger partial charge in [-0.15, -0.1) is 0 Å². The van der Waals surface area contributed by atoms with Gasteiger partial charge in [0.1, 0.15) is 0 Å². The van der Waals surface area contributed by atoms with Crippen LogP contribution in [0.4, 0.5) is 11.4 Å². The van der Waals surface area contributed by atoms with Crippen LogP contribution in [0.25, 0.3) is 0 Å². The summed E-state index contributed by atoms with van der Waals surface area (Å²) in [6.07, 6.45) is 0. The lowest BCUT2D eigenvalue weighted by molar-refractivity contribution is -0.385. The predicted octanol–water partition coefficient (Wildman–Crippen LogP) is 2.55. The van der Waals surface area contributed by atoms with Crippen LogP contribution in [-0.2, 0) is 14.8 Å². The number of rotatable bonds is 7. The van der Waals surface area contributed by atoms with Crippen molar-refractivity contribution in [3.63, 3.8) is 0 Å². The number of amides is 1. The van der Waals surface area contributed by atoms with Crippen molar-refractivity contribution in [2.45, 2.75) is 18.7 Å². The van der Waals surface area contributed by atoms with Crippen LogP contribution in [0.2, 0.25) is 0 Å². The third-order valence-corrected chi connectivity index (χ3v) is 5.76. The predicted molar refractivity (Wildman–Crippen MR) is 97.3 cm³/mol. The van der Waals surface area contributed by atoms with Gasteiger partial charge in [0.2, 0.25) is 15.9 Å². The van der Waals surface area contributed by atoms with Gasteiger partial charge in [0.25, 0.3) is 5.69 Å². The van der Waals surface area contributed by atoms with Crippen LogP contribution in [0.15, 0.2) is 53.4 Å². The van der Waals surface area contributed by atoms with E-state index >= 15 is 0 Å². The Morgan fingerprint density at radius 1 is 1.15 bits per heavy atom. The van der Waals surface area contributed by atoms with Crippen LogP contribution in [0.5, 0.6) is 0 Å². The van der Waals surface area contributed by atoms with E-state index in [-0.39, 0.29) is 22.8 Å². The van der Waals surface area contributed by atoms with Gasteiger partial charge in [-0.05, 0) is 25.1 Å². The maximum atomic E-state index is 12.6. The molecule has 0 fully saturated rings. The Kier molecular flexibility index (Phi) is 6.06. The Labute approximate surface area is 151 Å². The Morgan fingerprint density at radius 3 is 2.38 bits per heavy atom. The molecule has 0 bridgehead atoms. The molecule has 9 heteroatoms. The van der Waals surface area contributed by atoms with Gasteiger partial charge < -0.3 is 5.32 Å². The van der Waals surface area contributed by atoms with Crippen molar-refractivity contribution < 1.29 is 18.1 Å². The molecule has 0 spiro atoms. The summed E-state index contributed by atoms with van der Waals surface area (Å²) in [7, 11) is -3.81. The number of carbonyl (C=O) groups excluding carboxylic acids is 1. The normalized spacial score (nSPS) is 11.3. The molecule has 0 aliphatic heterocycles. The molecule has 0 saturated carbocycles. The maximum absolute atomic E-state index is 12.6. The molecule has 0 unspecified atom stereocenters. The van der Waals surface area contributed by atoms with Gasteiger partial charge in [-0.1, -0.05) is 31.2 Å². The largest absolute Gasteiger partial charge is 0.324 e. The maximum Gasteiger partial charge on any atom is 0.274 e. The number of sulfonamides is 1. The van der Waals surface area contributed by atoms with Crippen molar-refractivity contribution in [1.29, 1.82) is 0 Å². The Morgan fingerprint density at radius 2 is 1.81 bits per heavy atom. The highest BCUT2D eigenvalue weighted by Crippen LogP contribution is 2.25. The van der Waals surface area contributed by atoms with Crippen molar-refractivity contribution in [3.05, 3.63) is 64.2 Å². The van der Waals surface area contributed by atoms with E-state index in [4.69, 9.17) is 0 Å². The SMILES string of the molecule is CCN(CC(=O)Nc1cccc([N+](=O)[O-])c1C)S(=O)(=O)c1ccccc1. The van der Waals surface area contributed by atoms with Crippen LogP contribution in [0.3, 0.4) is 0 Å².